The fraction of sp³-hybridized carbons (Fsp3) is 0.480. The third kappa shape index (κ3) is 5.13. The molecule has 0 saturated carbocycles. The zero-order chi connectivity index (χ0) is 20.8. The van der Waals surface area contributed by atoms with Crippen LogP contribution < -0.4 is 5.32 Å². The molecular weight excluding hydrogens is 440 g/mol. The number of piperidine rings is 1. The third-order valence-corrected chi connectivity index (χ3v) is 7.04. The number of amides is 1. The number of halogens is 1. The van der Waals surface area contributed by atoms with Gasteiger partial charge in [0.05, 0.1) is 5.41 Å². The number of hydrogen-bond acceptors (Lipinski definition) is 3. The first-order valence-electron chi connectivity index (χ1n) is 11.1. The molecule has 2 fully saturated rings. The lowest BCUT2D eigenvalue weighted by Gasteiger charge is -2.36. The van der Waals surface area contributed by atoms with Crippen molar-refractivity contribution in [2.75, 3.05) is 26.3 Å². The molecule has 0 aromatic heterocycles. The molecule has 2 aliphatic rings. The SMILES string of the molecule is O=C(NCc1ccc(CN2CCCCC2)cc1)C1(c2ccc(Br)cc2)CCOCC1. The minimum absolute atomic E-state index is 0.102. The van der Waals surface area contributed by atoms with E-state index in [-0.39, 0.29) is 5.91 Å². The number of carbonyl (C=O) groups is 1. The van der Waals surface area contributed by atoms with Crippen molar-refractivity contribution in [2.45, 2.75) is 50.6 Å². The smallest absolute Gasteiger partial charge is 0.231 e. The van der Waals surface area contributed by atoms with Crippen molar-refractivity contribution in [3.8, 4) is 0 Å². The van der Waals surface area contributed by atoms with Gasteiger partial charge in [-0.15, -0.1) is 0 Å². The molecule has 2 heterocycles. The van der Waals surface area contributed by atoms with Gasteiger partial charge in [0.1, 0.15) is 0 Å². The van der Waals surface area contributed by atoms with Crippen LogP contribution in [0, 0.1) is 0 Å². The zero-order valence-corrected chi connectivity index (χ0v) is 19.1. The first kappa shape index (κ1) is 21.5. The van der Waals surface area contributed by atoms with Crippen LogP contribution in [-0.2, 0) is 28.0 Å². The number of carbonyl (C=O) groups excluding carboxylic acids is 1. The van der Waals surface area contributed by atoms with Gasteiger partial charge in [0.25, 0.3) is 0 Å². The molecule has 2 aliphatic heterocycles. The summed E-state index contributed by atoms with van der Waals surface area (Å²) in [4.78, 5) is 15.9. The van der Waals surface area contributed by atoms with Crippen LogP contribution in [0.5, 0.6) is 0 Å². The molecule has 0 unspecified atom stereocenters. The van der Waals surface area contributed by atoms with Crippen LogP contribution >= 0.6 is 15.9 Å². The van der Waals surface area contributed by atoms with Crippen molar-refractivity contribution < 1.29 is 9.53 Å². The van der Waals surface area contributed by atoms with Crippen molar-refractivity contribution in [2.24, 2.45) is 0 Å². The molecule has 4 rings (SSSR count). The topological polar surface area (TPSA) is 41.6 Å². The van der Waals surface area contributed by atoms with Gasteiger partial charge in [0.2, 0.25) is 5.91 Å². The van der Waals surface area contributed by atoms with Crippen LogP contribution in [-0.4, -0.2) is 37.1 Å². The average molecular weight is 471 g/mol. The number of likely N-dealkylation sites (tertiary alicyclic amines) is 1. The minimum atomic E-state index is -0.507. The van der Waals surface area contributed by atoms with Crippen molar-refractivity contribution in [1.82, 2.24) is 10.2 Å². The second-order valence-corrected chi connectivity index (χ2v) is 9.45. The Morgan fingerprint density at radius 2 is 1.57 bits per heavy atom. The molecule has 1 amide bonds. The number of rotatable bonds is 6. The summed E-state index contributed by atoms with van der Waals surface area (Å²) in [5, 5.41) is 3.21. The van der Waals surface area contributed by atoms with E-state index in [0.717, 1.165) is 35.0 Å². The van der Waals surface area contributed by atoms with Crippen LogP contribution in [0.15, 0.2) is 53.0 Å². The Morgan fingerprint density at radius 1 is 0.933 bits per heavy atom. The molecule has 2 saturated heterocycles. The summed E-state index contributed by atoms with van der Waals surface area (Å²) in [6, 6.07) is 16.9. The molecule has 0 bridgehead atoms. The van der Waals surface area contributed by atoms with Crippen molar-refractivity contribution in [3.05, 3.63) is 69.7 Å². The molecule has 4 nitrogen and oxygen atoms in total. The van der Waals surface area contributed by atoms with E-state index in [1.165, 1.54) is 37.9 Å². The van der Waals surface area contributed by atoms with Crippen molar-refractivity contribution in [1.29, 1.82) is 0 Å². The summed E-state index contributed by atoms with van der Waals surface area (Å²) in [6.45, 7) is 5.24. The number of hydrogen-bond donors (Lipinski definition) is 1. The summed E-state index contributed by atoms with van der Waals surface area (Å²) in [5.74, 6) is 0.102. The lowest BCUT2D eigenvalue weighted by molar-refractivity contribution is -0.130. The van der Waals surface area contributed by atoms with Gasteiger partial charge >= 0.3 is 0 Å². The van der Waals surface area contributed by atoms with E-state index in [9.17, 15) is 4.79 Å². The second-order valence-electron chi connectivity index (χ2n) is 8.54. The maximum absolute atomic E-state index is 13.3. The highest BCUT2D eigenvalue weighted by atomic mass is 79.9. The standard InChI is InChI=1S/C25H31BrN2O2/c26-23-10-8-22(9-11-23)25(12-16-30-17-13-25)24(29)27-18-20-4-6-21(7-5-20)19-28-14-2-1-3-15-28/h4-11H,1-3,12-19H2,(H,27,29). The number of ether oxygens (including phenoxy) is 1. The zero-order valence-electron chi connectivity index (χ0n) is 17.5. The first-order valence-corrected chi connectivity index (χ1v) is 11.9. The summed E-state index contributed by atoms with van der Waals surface area (Å²) in [6.07, 6.45) is 5.43. The largest absolute Gasteiger partial charge is 0.381 e. The van der Waals surface area contributed by atoms with E-state index in [2.05, 4.69) is 62.5 Å². The molecule has 5 heteroatoms. The fourth-order valence-electron chi connectivity index (χ4n) is 4.63. The van der Waals surface area contributed by atoms with E-state index in [4.69, 9.17) is 4.74 Å². The fourth-order valence-corrected chi connectivity index (χ4v) is 4.89. The van der Waals surface area contributed by atoms with Crippen molar-refractivity contribution >= 4 is 21.8 Å². The summed E-state index contributed by atoms with van der Waals surface area (Å²) in [7, 11) is 0. The Labute approximate surface area is 188 Å². The molecule has 30 heavy (non-hydrogen) atoms. The monoisotopic (exact) mass is 470 g/mol. The van der Waals surface area contributed by atoms with Crippen LogP contribution in [0.4, 0.5) is 0 Å². The van der Waals surface area contributed by atoms with Crippen LogP contribution in [0.25, 0.3) is 0 Å². The van der Waals surface area contributed by atoms with E-state index >= 15 is 0 Å². The third-order valence-electron chi connectivity index (χ3n) is 6.51. The highest BCUT2D eigenvalue weighted by molar-refractivity contribution is 9.10. The van der Waals surface area contributed by atoms with E-state index in [1.807, 2.05) is 12.1 Å². The lowest BCUT2D eigenvalue weighted by atomic mass is 9.73. The summed E-state index contributed by atoms with van der Waals surface area (Å²) < 4.78 is 6.59. The molecule has 2 aromatic rings. The Bertz CT molecular complexity index is 823. The van der Waals surface area contributed by atoms with Gasteiger partial charge in [-0.05, 0) is 67.6 Å². The summed E-state index contributed by atoms with van der Waals surface area (Å²) in [5.41, 5.74) is 3.06. The Balaban J connectivity index is 1.39. The second kappa shape index (κ2) is 10.1. The Hall–Kier alpha value is -1.69. The molecule has 160 valence electrons. The summed E-state index contributed by atoms with van der Waals surface area (Å²) >= 11 is 3.49. The van der Waals surface area contributed by atoms with Gasteiger partial charge in [0, 0.05) is 30.8 Å². The van der Waals surface area contributed by atoms with Crippen molar-refractivity contribution in [3.63, 3.8) is 0 Å². The van der Waals surface area contributed by atoms with E-state index < -0.39 is 5.41 Å². The van der Waals surface area contributed by atoms with Crippen LogP contribution in [0.3, 0.4) is 0 Å². The highest BCUT2D eigenvalue weighted by Crippen LogP contribution is 2.36. The number of nitrogens with one attached hydrogen (secondary N) is 1. The Morgan fingerprint density at radius 3 is 2.23 bits per heavy atom. The quantitative estimate of drug-likeness (QED) is 0.658. The molecule has 2 aromatic carbocycles. The maximum Gasteiger partial charge on any atom is 0.231 e. The molecule has 0 radical (unpaired) electrons. The van der Waals surface area contributed by atoms with Crippen LogP contribution in [0.2, 0.25) is 0 Å². The van der Waals surface area contributed by atoms with Gasteiger partial charge in [-0.25, -0.2) is 0 Å². The van der Waals surface area contributed by atoms with E-state index in [1.54, 1.807) is 0 Å². The van der Waals surface area contributed by atoms with Gasteiger partial charge in [-0.2, -0.15) is 0 Å². The molecule has 0 spiro atoms. The lowest BCUT2D eigenvalue weighted by Crippen LogP contribution is -2.47. The first-order chi connectivity index (χ1) is 14.7. The average Bonchev–Trinajstić information content (AvgIpc) is 2.80. The molecular formula is C25H31BrN2O2. The predicted molar refractivity (Wildman–Crippen MR) is 123 cm³/mol. The number of benzene rings is 2. The minimum Gasteiger partial charge on any atom is -0.381 e. The molecule has 0 atom stereocenters. The highest BCUT2D eigenvalue weighted by Gasteiger charge is 2.41. The van der Waals surface area contributed by atoms with Gasteiger partial charge < -0.3 is 10.1 Å². The Kier molecular flexibility index (Phi) is 7.24. The normalized spacial score (nSPS) is 19.4. The molecule has 1 N–H and O–H groups in total. The van der Waals surface area contributed by atoms with Gasteiger partial charge in [-0.3, -0.25) is 9.69 Å². The van der Waals surface area contributed by atoms with Gasteiger partial charge in [0.15, 0.2) is 0 Å². The predicted octanol–water partition coefficient (Wildman–Crippen LogP) is 4.80. The number of nitrogens with zero attached hydrogens (tertiary/aromatic N) is 1. The van der Waals surface area contributed by atoms with E-state index in [0.29, 0.717) is 19.8 Å². The maximum atomic E-state index is 13.3. The molecule has 0 aliphatic carbocycles. The van der Waals surface area contributed by atoms with Gasteiger partial charge in [-0.1, -0.05) is 58.7 Å². The van der Waals surface area contributed by atoms with Crippen LogP contribution in [0.1, 0.15) is 48.8 Å².